The van der Waals surface area contributed by atoms with Crippen LogP contribution in [0.25, 0.3) is 10.9 Å². The molecule has 2 aromatic rings. The van der Waals surface area contributed by atoms with Crippen LogP contribution in [0.5, 0.6) is 0 Å². The zero-order valence-corrected chi connectivity index (χ0v) is 9.50. The molecule has 1 aromatic heterocycles. The molecular formula is C12H15FN2. The molecule has 1 aromatic carbocycles. The van der Waals surface area contributed by atoms with Gasteiger partial charge in [0, 0.05) is 13.2 Å². The Bertz CT molecular complexity index is 506. The normalized spacial score (nSPS) is 12.3. The molecule has 0 aliphatic carbocycles. The molecule has 0 bridgehead atoms. The molecule has 0 fully saturated rings. The minimum atomic E-state index is -0.189. The first-order valence-corrected chi connectivity index (χ1v) is 5.01. The third-order valence-electron chi connectivity index (χ3n) is 2.56. The third-order valence-corrected chi connectivity index (χ3v) is 2.56. The van der Waals surface area contributed by atoms with Crippen LogP contribution in [-0.2, 0) is 12.5 Å². The maximum atomic E-state index is 13.7. The van der Waals surface area contributed by atoms with Gasteiger partial charge in [-0.25, -0.2) is 4.39 Å². The van der Waals surface area contributed by atoms with Gasteiger partial charge in [0.25, 0.3) is 0 Å². The fourth-order valence-electron chi connectivity index (χ4n) is 1.63. The Morgan fingerprint density at radius 1 is 1.27 bits per heavy atom. The maximum absolute atomic E-state index is 13.7. The van der Waals surface area contributed by atoms with E-state index in [4.69, 9.17) is 0 Å². The van der Waals surface area contributed by atoms with Gasteiger partial charge in [0.05, 0.1) is 10.9 Å². The molecule has 0 N–H and O–H groups in total. The van der Waals surface area contributed by atoms with Gasteiger partial charge < -0.3 is 0 Å². The van der Waals surface area contributed by atoms with Crippen molar-refractivity contribution in [2.75, 3.05) is 0 Å². The standard InChI is InChI=1S/C12H15FN2/c1-12(2,3)8-5-10(13)9-7-15(4)14-11(9)6-8/h5-7H,1-4H3. The number of nitrogens with zero attached hydrogens (tertiary/aromatic N) is 2. The van der Waals surface area contributed by atoms with Crippen molar-refractivity contribution >= 4 is 10.9 Å². The number of rotatable bonds is 0. The summed E-state index contributed by atoms with van der Waals surface area (Å²) in [4.78, 5) is 0. The van der Waals surface area contributed by atoms with Crippen LogP contribution in [-0.4, -0.2) is 9.78 Å². The molecule has 2 nitrogen and oxygen atoms in total. The third kappa shape index (κ3) is 1.74. The van der Waals surface area contributed by atoms with E-state index < -0.39 is 0 Å². The molecule has 0 unspecified atom stereocenters. The Labute approximate surface area is 88.7 Å². The van der Waals surface area contributed by atoms with Crippen LogP contribution in [0.1, 0.15) is 26.3 Å². The van der Waals surface area contributed by atoms with Crippen LogP contribution in [0.2, 0.25) is 0 Å². The predicted octanol–water partition coefficient (Wildman–Crippen LogP) is 3.01. The van der Waals surface area contributed by atoms with E-state index in [-0.39, 0.29) is 11.2 Å². The van der Waals surface area contributed by atoms with E-state index in [9.17, 15) is 4.39 Å². The molecule has 0 atom stereocenters. The van der Waals surface area contributed by atoms with Gasteiger partial charge in [0.1, 0.15) is 5.82 Å². The van der Waals surface area contributed by atoms with Gasteiger partial charge in [-0.2, -0.15) is 5.10 Å². The molecule has 0 saturated carbocycles. The first kappa shape index (κ1) is 10.1. The van der Waals surface area contributed by atoms with Crippen molar-refractivity contribution in [3.8, 4) is 0 Å². The highest BCUT2D eigenvalue weighted by Gasteiger charge is 2.17. The minimum Gasteiger partial charge on any atom is -0.274 e. The van der Waals surface area contributed by atoms with E-state index >= 15 is 0 Å². The number of fused-ring (bicyclic) bond motifs is 1. The number of hydrogen-bond acceptors (Lipinski definition) is 1. The highest BCUT2D eigenvalue weighted by Crippen LogP contribution is 2.27. The zero-order valence-electron chi connectivity index (χ0n) is 9.50. The van der Waals surface area contributed by atoms with Gasteiger partial charge >= 0.3 is 0 Å². The lowest BCUT2D eigenvalue weighted by Gasteiger charge is -2.18. The number of hydrogen-bond donors (Lipinski definition) is 0. The summed E-state index contributed by atoms with van der Waals surface area (Å²) in [5.74, 6) is -0.189. The monoisotopic (exact) mass is 206 g/mol. The van der Waals surface area contributed by atoms with Crippen LogP contribution in [0.4, 0.5) is 4.39 Å². The van der Waals surface area contributed by atoms with Gasteiger partial charge in [-0.3, -0.25) is 4.68 Å². The summed E-state index contributed by atoms with van der Waals surface area (Å²) < 4.78 is 15.4. The number of halogens is 1. The number of aryl methyl sites for hydroxylation is 1. The maximum Gasteiger partial charge on any atom is 0.134 e. The van der Waals surface area contributed by atoms with Crippen molar-refractivity contribution in [3.05, 3.63) is 29.7 Å². The number of aromatic nitrogens is 2. The summed E-state index contributed by atoms with van der Waals surface area (Å²) in [6.07, 6.45) is 1.71. The summed E-state index contributed by atoms with van der Waals surface area (Å²) in [5, 5.41) is 4.81. The fourth-order valence-corrected chi connectivity index (χ4v) is 1.63. The SMILES string of the molecule is Cn1cc2c(F)cc(C(C)(C)C)cc2n1. The highest BCUT2D eigenvalue weighted by molar-refractivity contribution is 5.79. The van der Waals surface area contributed by atoms with Crippen LogP contribution in [0.15, 0.2) is 18.3 Å². The first-order chi connectivity index (χ1) is 6.88. The summed E-state index contributed by atoms with van der Waals surface area (Å²) in [6, 6.07) is 3.56. The molecule has 0 saturated heterocycles. The van der Waals surface area contributed by atoms with Gasteiger partial charge in [-0.15, -0.1) is 0 Å². The second kappa shape index (κ2) is 3.05. The summed E-state index contributed by atoms with van der Waals surface area (Å²) in [6.45, 7) is 6.20. The van der Waals surface area contributed by atoms with Crippen LogP contribution in [0, 0.1) is 5.82 Å². The van der Waals surface area contributed by atoms with Crippen molar-refractivity contribution in [2.45, 2.75) is 26.2 Å². The molecule has 0 aliphatic rings. The average molecular weight is 206 g/mol. The molecular weight excluding hydrogens is 191 g/mol. The van der Waals surface area contributed by atoms with Gasteiger partial charge in [0.2, 0.25) is 0 Å². The fraction of sp³-hybridized carbons (Fsp3) is 0.417. The molecule has 1 heterocycles. The Morgan fingerprint density at radius 3 is 2.53 bits per heavy atom. The molecule has 3 heteroatoms. The lowest BCUT2D eigenvalue weighted by molar-refractivity contribution is 0.577. The minimum absolute atomic E-state index is 0.0491. The Balaban J connectivity index is 2.72. The summed E-state index contributed by atoms with van der Waals surface area (Å²) >= 11 is 0. The Kier molecular flexibility index (Phi) is 2.07. The second-order valence-electron chi connectivity index (χ2n) is 4.94. The smallest absolute Gasteiger partial charge is 0.134 e. The van der Waals surface area contributed by atoms with Gasteiger partial charge in [-0.1, -0.05) is 20.8 Å². The molecule has 0 aliphatic heterocycles. The lowest BCUT2D eigenvalue weighted by atomic mass is 9.86. The predicted molar refractivity (Wildman–Crippen MR) is 59.4 cm³/mol. The molecule has 0 radical (unpaired) electrons. The van der Waals surface area contributed by atoms with Gasteiger partial charge in [0.15, 0.2) is 0 Å². The number of benzene rings is 1. The van der Waals surface area contributed by atoms with Crippen LogP contribution < -0.4 is 0 Å². The van der Waals surface area contributed by atoms with Crippen LogP contribution in [0.3, 0.4) is 0 Å². The van der Waals surface area contributed by atoms with Crippen molar-refractivity contribution in [2.24, 2.45) is 7.05 Å². The van der Waals surface area contributed by atoms with Crippen molar-refractivity contribution < 1.29 is 4.39 Å². The van der Waals surface area contributed by atoms with Crippen LogP contribution >= 0.6 is 0 Å². The zero-order chi connectivity index (χ0) is 11.2. The van der Waals surface area contributed by atoms with E-state index in [2.05, 4.69) is 25.9 Å². The van der Waals surface area contributed by atoms with Crippen molar-refractivity contribution in [1.29, 1.82) is 0 Å². The molecule has 80 valence electrons. The van der Waals surface area contributed by atoms with E-state index in [1.807, 2.05) is 6.07 Å². The van der Waals surface area contributed by atoms with Crippen molar-refractivity contribution in [3.63, 3.8) is 0 Å². The Morgan fingerprint density at radius 2 is 1.93 bits per heavy atom. The highest BCUT2D eigenvalue weighted by atomic mass is 19.1. The molecule has 2 rings (SSSR count). The van der Waals surface area contributed by atoms with E-state index in [0.29, 0.717) is 5.39 Å². The Hall–Kier alpha value is -1.38. The largest absolute Gasteiger partial charge is 0.274 e. The van der Waals surface area contributed by atoms with E-state index in [1.165, 1.54) is 0 Å². The summed E-state index contributed by atoms with van der Waals surface area (Å²) in [5.41, 5.74) is 1.65. The summed E-state index contributed by atoms with van der Waals surface area (Å²) in [7, 11) is 1.80. The molecule has 15 heavy (non-hydrogen) atoms. The van der Waals surface area contributed by atoms with E-state index in [1.54, 1.807) is 24.0 Å². The van der Waals surface area contributed by atoms with E-state index in [0.717, 1.165) is 11.1 Å². The first-order valence-electron chi connectivity index (χ1n) is 5.01. The molecule has 0 spiro atoms. The lowest BCUT2D eigenvalue weighted by Crippen LogP contribution is -2.11. The second-order valence-corrected chi connectivity index (χ2v) is 4.94. The molecule has 0 amide bonds. The van der Waals surface area contributed by atoms with Crippen molar-refractivity contribution in [1.82, 2.24) is 9.78 Å². The van der Waals surface area contributed by atoms with Gasteiger partial charge in [-0.05, 0) is 23.1 Å². The average Bonchev–Trinajstić information content (AvgIpc) is 2.44. The quantitative estimate of drug-likeness (QED) is 0.648. The topological polar surface area (TPSA) is 17.8 Å².